The molecule has 0 saturated heterocycles. The fourth-order valence-electron chi connectivity index (χ4n) is 1.67. The maximum atomic E-state index is 4.56. The molecule has 0 aliphatic carbocycles. The van der Waals surface area contributed by atoms with Gasteiger partial charge in [0.2, 0.25) is 0 Å². The van der Waals surface area contributed by atoms with Gasteiger partial charge in [-0.2, -0.15) is 0 Å². The summed E-state index contributed by atoms with van der Waals surface area (Å²) < 4.78 is 1.06. The van der Waals surface area contributed by atoms with Gasteiger partial charge in [-0.05, 0) is 55.0 Å². The van der Waals surface area contributed by atoms with E-state index in [9.17, 15) is 0 Å². The van der Waals surface area contributed by atoms with E-state index < -0.39 is 0 Å². The molecule has 0 unspecified atom stereocenters. The highest BCUT2D eigenvalue weighted by molar-refractivity contribution is 14.1. The molecule has 0 radical (unpaired) electrons. The first kappa shape index (κ1) is 13.2. The van der Waals surface area contributed by atoms with E-state index in [0.717, 1.165) is 32.9 Å². The Hall–Kier alpha value is -1.24. The zero-order chi connectivity index (χ0) is 13.1. The molecule has 0 atom stereocenters. The van der Waals surface area contributed by atoms with Crippen LogP contribution in [0.25, 0.3) is 11.5 Å². The summed E-state index contributed by atoms with van der Waals surface area (Å²) in [5.41, 5.74) is 2.90. The first-order valence-corrected chi connectivity index (χ1v) is 6.91. The smallest absolute Gasteiger partial charge is 0.180 e. The fraction of sp³-hybridized carbons (Fsp3) is 0.308. The predicted molar refractivity (Wildman–Crippen MR) is 81.6 cm³/mol. The lowest BCUT2D eigenvalue weighted by molar-refractivity contribution is 1.04. The lowest BCUT2D eigenvalue weighted by Crippen LogP contribution is -2.07. The molecule has 0 spiro atoms. The molecule has 0 amide bonds. The van der Waals surface area contributed by atoms with Gasteiger partial charge in [0, 0.05) is 12.7 Å². The second kappa shape index (κ2) is 5.60. The molecular formula is C13H15IN4. The van der Waals surface area contributed by atoms with Crippen molar-refractivity contribution >= 4 is 28.4 Å². The number of anilines is 1. The maximum absolute atomic E-state index is 4.56. The third-order valence-corrected chi connectivity index (χ3v) is 3.87. The SMILES string of the molecule is CCNc1nc(-c2ncccc2C)nc(C)c1I. The molecule has 94 valence electrons. The molecule has 0 aromatic carbocycles. The second-order valence-corrected chi connectivity index (χ2v) is 5.07. The number of aromatic nitrogens is 3. The number of hydrogen-bond acceptors (Lipinski definition) is 4. The van der Waals surface area contributed by atoms with E-state index in [2.05, 4.69) is 49.8 Å². The molecule has 2 aromatic rings. The Balaban J connectivity index is 2.56. The summed E-state index contributed by atoms with van der Waals surface area (Å²) in [5, 5.41) is 3.26. The third kappa shape index (κ3) is 2.60. The van der Waals surface area contributed by atoms with Crippen molar-refractivity contribution in [2.24, 2.45) is 0 Å². The van der Waals surface area contributed by atoms with E-state index in [0.29, 0.717) is 5.82 Å². The first-order valence-electron chi connectivity index (χ1n) is 5.83. The van der Waals surface area contributed by atoms with Crippen LogP contribution in [0.3, 0.4) is 0 Å². The number of hydrogen-bond donors (Lipinski definition) is 1. The van der Waals surface area contributed by atoms with Gasteiger partial charge in [-0.25, -0.2) is 9.97 Å². The molecule has 0 aliphatic heterocycles. The van der Waals surface area contributed by atoms with Gasteiger partial charge in [-0.3, -0.25) is 4.98 Å². The Kier molecular flexibility index (Phi) is 4.11. The molecule has 2 rings (SSSR count). The zero-order valence-corrected chi connectivity index (χ0v) is 12.8. The second-order valence-electron chi connectivity index (χ2n) is 3.99. The van der Waals surface area contributed by atoms with Crippen molar-refractivity contribution in [1.29, 1.82) is 0 Å². The number of halogens is 1. The van der Waals surface area contributed by atoms with Crippen LogP contribution in [0.2, 0.25) is 0 Å². The summed E-state index contributed by atoms with van der Waals surface area (Å²) in [4.78, 5) is 13.5. The Labute approximate surface area is 120 Å². The van der Waals surface area contributed by atoms with Crippen LogP contribution in [0, 0.1) is 17.4 Å². The topological polar surface area (TPSA) is 50.7 Å². The summed E-state index contributed by atoms with van der Waals surface area (Å²) in [6.45, 7) is 6.91. The molecule has 2 aromatic heterocycles. The highest BCUT2D eigenvalue weighted by Gasteiger charge is 2.12. The van der Waals surface area contributed by atoms with Crippen LogP contribution in [0.1, 0.15) is 18.2 Å². The van der Waals surface area contributed by atoms with Crippen molar-refractivity contribution in [2.45, 2.75) is 20.8 Å². The monoisotopic (exact) mass is 354 g/mol. The minimum Gasteiger partial charge on any atom is -0.369 e. The summed E-state index contributed by atoms with van der Waals surface area (Å²) in [7, 11) is 0. The van der Waals surface area contributed by atoms with Crippen LogP contribution < -0.4 is 5.32 Å². The molecule has 5 heteroatoms. The van der Waals surface area contributed by atoms with E-state index >= 15 is 0 Å². The average molecular weight is 354 g/mol. The predicted octanol–water partition coefficient (Wildman–Crippen LogP) is 3.19. The molecule has 0 aliphatic rings. The van der Waals surface area contributed by atoms with Crippen LogP contribution in [-0.4, -0.2) is 21.5 Å². The normalized spacial score (nSPS) is 10.4. The lowest BCUT2D eigenvalue weighted by atomic mass is 10.2. The van der Waals surface area contributed by atoms with Crippen LogP contribution in [0.4, 0.5) is 5.82 Å². The maximum Gasteiger partial charge on any atom is 0.180 e. The number of aryl methyl sites for hydroxylation is 2. The molecule has 0 fully saturated rings. The molecule has 0 saturated carbocycles. The summed E-state index contributed by atoms with van der Waals surface area (Å²) in [6.07, 6.45) is 1.77. The number of pyridine rings is 1. The number of nitrogens with one attached hydrogen (secondary N) is 1. The molecule has 2 heterocycles. The highest BCUT2D eigenvalue weighted by Crippen LogP contribution is 2.23. The minimum absolute atomic E-state index is 0.682. The highest BCUT2D eigenvalue weighted by atomic mass is 127. The van der Waals surface area contributed by atoms with E-state index in [1.54, 1.807) is 6.20 Å². The van der Waals surface area contributed by atoms with Crippen LogP contribution >= 0.6 is 22.6 Å². The minimum atomic E-state index is 0.682. The molecule has 18 heavy (non-hydrogen) atoms. The Morgan fingerprint density at radius 2 is 2.06 bits per heavy atom. The van der Waals surface area contributed by atoms with Gasteiger partial charge in [-0.1, -0.05) is 6.07 Å². The van der Waals surface area contributed by atoms with Crippen molar-refractivity contribution in [3.63, 3.8) is 0 Å². The van der Waals surface area contributed by atoms with E-state index in [1.165, 1.54) is 0 Å². The van der Waals surface area contributed by atoms with E-state index in [4.69, 9.17) is 0 Å². The molecule has 1 N–H and O–H groups in total. The summed E-state index contributed by atoms with van der Waals surface area (Å²) >= 11 is 2.27. The number of rotatable bonds is 3. The van der Waals surface area contributed by atoms with Gasteiger partial charge < -0.3 is 5.32 Å². The van der Waals surface area contributed by atoms with Gasteiger partial charge >= 0.3 is 0 Å². The fourth-order valence-corrected chi connectivity index (χ4v) is 2.10. The Bertz CT molecular complexity index is 569. The zero-order valence-electron chi connectivity index (χ0n) is 10.7. The van der Waals surface area contributed by atoms with Crippen molar-refractivity contribution < 1.29 is 0 Å². The van der Waals surface area contributed by atoms with Crippen LogP contribution in [0.15, 0.2) is 18.3 Å². The standard InChI is InChI=1S/C13H15IN4/c1-4-15-12-10(14)9(3)17-13(18-12)11-8(2)6-5-7-16-11/h5-7H,4H2,1-3H3,(H,15,17,18). The van der Waals surface area contributed by atoms with Gasteiger partial charge in [-0.15, -0.1) is 0 Å². The van der Waals surface area contributed by atoms with Crippen molar-refractivity contribution in [1.82, 2.24) is 15.0 Å². The van der Waals surface area contributed by atoms with Crippen LogP contribution in [0.5, 0.6) is 0 Å². The molecular weight excluding hydrogens is 339 g/mol. The summed E-state index contributed by atoms with van der Waals surface area (Å²) in [5.74, 6) is 1.56. The van der Waals surface area contributed by atoms with Gasteiger partial charge in [0.15, 0.2) is 5.82 Å². The van der Waals surface area contributed by atoms with Crippen molar-refractivity contribution in [3.8, 4) is 11.5 Å². The molecule has 0 bridgehead atoms. The van der Waals surface area contributed by atoms with Gasteiger partial charge in [0.25, 0.3) is 0 Å². The first-order chi connectivity index (χ1) is 8.63. The third-order valence-electron chi connectivity index (χ3n) is 2.58. The largest absolute Gasteiger partial charge is 0.369 e. The lowest BCUT2D eigenvalue weighted by Gasteiger charge is -2.10. The van der Waals surface area contributed by atoms with Gasteiger partial charge in [0.05, 0.1) is 9.26 Å². The van der Waals surface area contributed by atoms with Crippen LogP contribution in [-0.2, 0) is 0 Å². The van der Waals surface area contributed by atoms with Crippen molar-refractivity contribution in [2.75, 3.05) is 11.9 Å². The van der Waals surface area contributed by atoms with E-state index in [-0.39, 0.29) is 0 Å². The molecule has 4 nitrogen and oxygen atoms in total. The number of nitrogens with zero attached hydrogens (tertiary/aromatic N) is 3. The summed E-state index contributed by atoms with van der Waals surface area (Å²) in [6, 6.07) is 3.94. The average Bonchev–Trinajstić information content (AvgIpc) is 2.35. The Morgan fingerprint density at radius 1 is 1.28 bits per heavy atom. The van der Waals surface area contributed by atoms with Crippen molar-refractivity contribution in [3.05, 3.63) is 33.2 Å². The Morgan fingerprint density at radius 3 is 2.72 bits per heavy atom. The van der Waals surface area contributed by atoms with Gasteiger partial charge in [0.1, 0.15) is 11.5 Å². The quantitative estimate of drug-likeness (QED) is 0.861. The van der Waals surface area contributed by atoms with E-state index in [1.807, 2.05) is 26.0 Å².